The van der Waals surface area contributed by atoms with Crippen LogP contribution >= 0.6 is 19.3 Å². The highest BCUT2D eigenvalue weighted by Crippen LogP contribution is 2.56. The largest absolute Gasteiger partial charge is 0.481 e. The summed E-state index contributed by atoms with van der Waals surface area (Å²) in [5.74, 6) is -3.68. The predicted molar refractivity (Wildman–Crippen MR) is 108 cm³/mol. The smallest absolute Gasteiger partial charge is 0.320 e. The van der Waals surface area contributed by atoms with Crippen LogP contribution in [0.3, 0.4) is 0 Å². The minimum absolute atomic E-state index is 0.0669. The molecule has 0 aromatic heterocycles. The van der Waals surface area contributed by atoms with Crippen molar-refractivity contribution in [2.75, 3.05) is 6.16 Å². The van der Waals surface area contributed by atoms with Gasteiger partial charge in [-0.05, 0) is 30.7 Å². The highest BCUT2D eigenvalue weighted by Gasteiger charge is 2.46. The number of rotatable bonds is 9. The van der Waals surface area contributed by atoms with Crippen molar-refractivity contribution in [1.29, 1.82) is 0 Å². The molecule has 0 bridgehead atoms. The first-order chi connectivity index (χ1) is 13.2. The third kappa shape index (κ3) is 6.11. The van der Waals surface area contributed by atoms with Crippen LogP contribution in [0, 0.1) is 5.92 Å². The summed E-state index contributed by atoms with van der Waals surface area (Å²) >= 11 is 6.13. The summed E-state index contributed by atoms with van der Waals surface area (Å²) in [4.78, 5) is 48.3. The molecule has 0 amide bonds. The minimum atomic E-state index is -4.01. The number of hydrogen-bond acceptors (Lipinski definition) is 5. The number of benzene rings is 2. The van der Waals surface area contributed by atoms with E-state index in [4.69, 9.17) is 16.7 Å². The van der Waals surface area contributed by atoms with E-state index in [0.29, 0.717) is 16.3 Å². The molecule has 0 aliphatic rings. The van der Waals surface area contributed by atoms with E-state index < -0.39 is 31.7 Å². The van der Waals surface area contributed by atoms with E-state index in [9.17, 15) is 24.5 Å². The Morgan fingerprint density at radius 2 is 1.61 bits per heavy atom. The lowest BCUT2D eigenvalue weighted by molar-refractivity contribution is -0.142. The Hall–Kier alpha value is -2.31. The maximum atomic E-state index is 11.5. The molecule has 0 aliphatic carbocycles. The van der Waals surface area contributed by atoms with E-state index in [1.165, 1.54) is 0 Å². The third-order valence-electron chi connectivity index (χ3n) is 3.98. The van der Waals surface area contributed by atoms with Crippen molar-refractivity contribution in [2.45, 2.75) is 12.8 Å². The number of carboxylic acid groups (broad SMARTS) is 2. The molecule has 0 saturated heterocycles. The molecule has 0 radical (unpaired) electrons. The molecule has 2 aromatic rings. The average molecular weight is 425 g/mol. The molecule has 0 spiro atoms. The fourth-order valence-corrected chi connectivity index (χ4v) is 4.71. The van der Waals surface area contributed by atoms with Crippen molar-refractivity contribution in [3.63, 3.8) is 0 Å². The lowest BCUT2D eigenvalue weighted by Gasteiger charge is -2.18. The van der Waals surface area contributed by atoms with Crippen LogP contribution in [-0.4, -0.2) is 43.6 Å². The number of aliphatic imine (C=N–C) groups is 1. The lowest BCUT2D eigenvalue weighted by atomic mass is 10.1. The van der Waals surface area contributed by atoms with Crippen LogP contribution in [0.2, 0.25) is 5.02 Å². The second kappa shape index (κ2) is 9.75. The molecule has 7 nitrogen and oxygen atoms in total. The van der Waals surface area contributed by atoms with E-state index in [1.54, 1.807) is 54.6 Å². The number of aliphatic carboxylic acids is 2. The zero-order chi connectivity index (χ0) is 20.7. The first-order valence-electron chi connectivity index (χ1n) is 8.38. The fourth-order valence-electron chi connectivity index (χ4n) is 2.58. The van der Waals surface area contributed by atoms with Crippen LogP contribution in [-0.2, 0) is 9.59 Å². The Morgan fingerprint density at radius 1 is 1.00 bits per heavy atom. The summed E-state index contributed by atoms with van der Waals surface area (Å²) in [5, 5.41) is 18.5. The molecule has 4 N–H and O–H groups in total. The molecule has 1 atom stereocenters. The standard InChI is InChI=1S/C19H19ClNO6P/c20-15-8-4-5-9-16(15)21-18(13-6-2-1-3-7-13)28(26,27)12-14(19(24)25)10-11-17(22)23/h1-9,14,26-27H,10-12H2,(H-,22,23,24,25)/p+1. The molecular weight excluding hydrogens is 405 g/mol. The second-order valence-corrected chi connectivity index (χ2v) is 8.79. The van der Waals surface area contributed by atoms with Gasteiger partial charge in [0.25, 0.3) is 0 Å². The Morgan fingerprint density at radius 3 is 2.18 bits per heavy atom. The van der Waals surface area contributed by atoms with Gasteiger partial charge in [0.15, 0.2) is 0 Å². The zero-order valence-corrected chi connectivity index (χ0v) is 16.4. The summed E-state index contributed by atoms with van der Waals surface area (Å²) in [6.45, 7) is 0. The second-order valence-electron chi connectivity index (χ2n) is 6.13. The van der Waals surface area contributed by atoms with Crippen LogP contribution in [0.1, 0.15) is 18.4 Å². The molecular formula is C19H20ClNO6P+. The van der Waals surface area contributed by atoms with Gasteiger partial charge in [0.1, 0.15) is 6.16 Å². The molecule has 2 aromatic carbocycles. The summed E-state index contributed by atoms with van der Waals surface area (Å²) < 4.78 is 0. The maximum Gasteiger partial charge on any atom is 0.320 e. The summed E-state index contributed by atoms with van der Waals surface area (Å²) in [7, 11) is -4.01. The molecule has 2 rings (SSSR count). The van der Waals surface area contributed by atoms with Crippen molar-refractivity contribution in [2.24, 2.45) is 10.9 Å². The van der Waals surface area contributed by atoms with Gasteiger partial charge in [-0.25, -0.2) is 14.8 Å². The summed E-state index contributed by atoms with van der Waals surface area (Å²) in [6.07, 6.45) is -1.13. The zero-order valence-electron chi connectivity index (χ0n) is 14.8. The van der Waals surface area contributed by atoms with E-state index in [2.05, 4.69) is 4.99 Å². The Balaban J connectivity index is 2.45. The number of carboxylic acids is 2. The van der Waals surface area contributed by atoms with Gasteiger partial charge in [-0.3, -0.25) is 9.59 Å². The molecule has 0 saturated carbocycles. The summed E-state index contributed by atoms with van der Waals surface area (Å²) in [5.41, 5.74) is 0.666. The van der Waals surface area contributed by atoms with Crippen LogP contribution in [0.5, 0.6) is 0 Å². The van der Waals surface area contributed by atoms with Crippen LogP contribution in [0.4, 0.5) is 5.69 Å². The van der Waals surface area contributed by atoms with Crippen molar-refractivity contribution in [1.82, 2.24) is 0 Å². The highest BCUT2D eigenvalue weighted by molar-refractivity contribution is 7.82. The minimum Gasteiger partial charge on any atom is -0.481 e. The van der Waals surface area contributed by atoms with E-state index in [-0.39, 0.29) is 18.3 Å². The first kappa shape index (κ1) is 22.0. The van der Waals surface area contributed by atoms with E-state index in [1.807, 2.05) is 0 Å². The van der Waals surface area contributed by atoms with Crippen molar-refractivity contribution >= 4 is 42.4 Å². The molecule has 148 valence electrons. The SMILES string of the molecule is O=C(O)CCC(C[P+](O)(O)C(=Nc1ccccc1Cl)c1ccccc1)C(=O)O. The number of para-hydroxylation sites is 1. The van der Waals surface area contributed by atoms with Crippen molar-refractivity contribution in [3.8, 4) is 0 Å². The quantitative estimate of drug-likeness (QED) is 0.358. The molecule has 28 heavy (non-hydrogen) atoms. The predicted octanol–water partition coefficient (Wildman–Crippen LogP) is 3.82. The van der Waals surface area contributed by atoms with Crippen molar-refractivity contribution < 1.29 is 29.6 Å². The number of hydrogen-bond donors (Lipinski definition) is 4. The van der Waals surface area contributed by atoms with Gasteiger partial charge in [-0.15, -0.1) is 0 Å². The van der Waals surface area contributed by atoms with Gasteiger partial charge in [0.05, 0.1) is 16.6 Å². The normalized spacial score (nSPS) is 13.2. The topological polar surface area (TPSA) is 127 Å². The molecule has 1 unspecified atom stereocenters. The Bertz CT molecular complexity index is 872. The molecule has 9 heteroatoms. The first-order valence-corrected chi connectivity index (χ1v) is 10.6. The number of carbonyl (C=O) groups is 2. The average Bonchev–Trinajstić information content (AvgIpc) is 2.64. The van der Waals surface area contributed by atoms with Gasteiger partial charge >= 0.3 is 19.7 Å². The van der Waals surface area contributed by atoms with Gasteiger partial charge < -0.3 is 10.2 Å². The lowest BCUT2D eigenvalue weighted by Crippen LogP contribution is -2.24. The Kier molecular flexibility index (Phi) is 7.66. The van der Waals surface area contributed by atoms with Gasteiger partial charge in [0.2, 0.25) is 5.45 Å². The van der Waals surface area contributed by atoms with Crippen LogP contribution in [0.25, 0.3) is 0 Å². The van der Waals surface area contributed by atoms with Gasteiger partial charge in [-0.2, -0.15) is 0 Å². The third-order valence-corrected chi connectivity index (χ3v) is 6.29. The monoisotopic (exact) mass is 424 g/mol. The van der Waals surface area contributed by atoms with Crippen LogP contribution < -0.4 is 0 Å². The molecule has 0 fully saturated rings. The highest BCUT2D eigenvalue weighted by atomic mass is 35.5. The van der Waals surface area contributed by atoms with Gasteiger partial charge in [0, 0.05) is 12.0 Å². The van der Waals surface area contributed by atoms with Gasteiger partial charge in [-0.1, -0.05) is 41.9 Å². The summed E-state index contributed by atoms with van der Waals surface area (Å²) in [6, 6.07) is 15.0. The fraction of sp³-hybridized carbons (Fsp3) is 0.211. The number of nitrogens with zero attached hydrogens (tertiary/aromatic N) is 1. The Labute approximate surface area is 167 Å². The van der Waals surface area contributed by atoms with E-state index in [0.717, 1.165) is 0 Å². The molecule has 0 heterocycles. The molecule has 0 aliphatic heterocycles. The van der Waals surface area contributed by atoms with E-state index >= 15 is 0 Å². The van der Waals surface area contributed by atoms with Crippen molar-refractivity contribution in [3.05, 3.63) is 65.2 Å². The number of halogens is 1. The van der Waals surface area contributed by atoms with Crippen LogP contribution in [0.15, 0.2) is 59.6 Å². The maximum absolute atomic E-state index is 11.5.